The van der Waals surface area contributed by atoms with Crippen LogP contribution in [0.2, 0.25) is 0 Å². The second-order valence-corrected chi connectivity index (χ2v) is 13.2. The number of hydrogen-bond donors (Lipinski definition) is 0. The van der Waals surface area contributed by atoms with Crippen LogP contribution in [-0.2, 0) is 0 Å². The van der Waals surface area contributed by atoms with Crippen molar-refractivity contribution in [3.63, 3.8) is 0 Å². The Hall–Kier alpha value is -6.98. The van der Waals surface area contributed by atoms with Gasteiger partial charge >= 0.3 is 0 Å². The number of benzene rings is 6. The number of aryl methyl sites for hydroxylation is 1. The van der Waals surface area contributed by atoms with Crippen LogP contribution in [0.5, 0.6) is 0 Å². The van der Waals surface area contributed by atoms with Crippen molar-refractivity contribution >= 4 is 60.7 Å². The van der Waals surface area contributed by atoms with Crippen molar-refractivity contribution in [3.05, 3.63) is 188 Å². The van der Waals surface area contributed by atoms with E-state index in [1.165, 1.54) is 32.6 Å². The lowest BCUT2D eigenvalue weighted by atomic mass is 10.1. The van der Waals surface area contributed by atoms with Crippen molar-refractivity contribution in [1.82, 2.24) is 19.1 Å². The first-order valence-electron chi connectivity index (χ1n) is 17.6. The summed E-state index contributed by atoms with van der Waals surface area (Å²) in [4.78, 5) is 11.9. The summed E-state index contributed by atoms with van der Waals surface area (Å²) in [7, 11) is 0. The highest BCUT2D eigenvalue weighted by atomic mass is 15.1. The Labute approximate surface area is 301 Å². The van der Waals surface area contributed by atoms with Gasteiger partial charge in [0.05, 0.1) is 27.8 Å². The minimum Gasteiger partial charge on any atom is -0.310 e. The SMILES string of the molecule is Cc1ccnc(-n2c3cc(N(c4ccccc4)c4cccc(-c5ccccn5)c4)ccc3c3c2ccc2c4ccccc4n(-c4ccccc4)c23)c1. The monoisotopic (exact) mass is 667 g/mol. The molecular formula is C47H33N5. The molecule has 0 aliphatic heterocycles. The molecule has 4 heterocycles. The van der Waals surface area contributed by atoms with Crippen molar-refractivity contribution in [2.24, 2.45) is 0 Å². The Kier molecular flexibility index (Phi) is 6.96. The van der Waals surface area contributed by atoms with Crippen molar-refractivity contribution in [2.45, 2.75) is 6.92 Å². The lowest BCUT2D eigenvalue weighted by Gasteiger charge is -2.26. The van der Waals surface area contributed by atoms with Crippen molar-refractivity contribution in [1.29, 1.82) is 0 Å². The van der Waals surface area contributed by atoms with E-state index in [4.69, 9.17) is 4.98 Å². The van der Waals surface area contributed by atoms with Gasteiger partial charge in [-0.1, -0.05) is 84.9 Å². The van der Waals surface area contributed by atoms with E-state index < -0.39 is 0 Å². The summed E-state index contributed by atoms with van der Waals surface area (Å²) in [6.45, 7) is 2.13. The van der Waals surface area contributed by atoms with Crippen molar-refractivity contribution < 1.29 is 0 Å². The highest BCUT2D eigenvalue weighted by molar-refractivity contribution is 6.26. The van der Waals surface area contributed by atoms with Gasteiger partial charge in [-0.3, -0.25) is 9.55 Å². The number of hydrogen-bond acceptors (Lipinski definition) is 3. The summed E-state index contributed by atoms with van der Waals surface area (Å²) in [6, 6.07) is 60.3. The van der Waals surface area contributed by atoms with Crippen molar-refractivity contribution in [2.75, 3.05) is 4.90 Å². The number of aromatic nitrogens is 4. The van der Waals surface area contributed by atoms with Gasteiger partial charge in [-0.15, -0.1) is 0 Å². The normalized spacial score (nSPS) is 11.6. The van der Waals surface area contributed by atoms with Crippen LogP contribution in [0.25, 0.3) is 66.4 Å². The van der Waals surface area contributed by atoms with Crippen LogP contribution in [0.3, 0.4) is 0 Å². The Bertz CT molecular complexity index is 2910. The summed E-state index contributed by atoms with van der Waals surface area (Å²) in [5, 5.41) is 4.83. The number of para-hydroxylation sites is 3. The van der Waals surface area contributed by atoms with Crippen LogP contribution in [-0.4, -0.2) is 19.1 Å². The van der Waals surface area contributed by atoms with Gasteiger partial charge in [0, 0.05) is 62.3 Å². The van der Waals surface area contributed by atoms with Crippen LogP contribution >= 0.6 is 0 Å². The molecule has 0 bridgehead atoms. The van der Waals surface area contributed by atoms with Crippen LogP contribution in [0.1, 0.15) is 5.56 Å². The largest absolute Gasteiger partial charge is 0.310 e. The molecule has 5 heteroatoms. The zero-order valence-corrected chi connectivity index (χ0v) is 28.6. The van der Waals surface area contributed by atoms with E-state index in [0.29, 0.717) is 0 Å². The Morgan fingerprint density at radius 3 is 2.04 bits per heavy atom. The molecule has 0 aliphatic rings. The Balaban J connectivity index is 1.30. The fourth-order valence-electron chi connectivity index (χ4n) is 7.78. The summed E-state index contributed by atoms with van der Waals surface area (Å²) in [5.74, 6) is 0.891. The molecule has 0 atom stereocenters. The third kappa shape index (κ3) is 4.78. The summed E-state index contributed by atoms with van der Waals surface area (Å²) in [6.07, 6.45) is 3.75. The van der Waals surface area contributed by atoms with Gasteiger partial charge in [-0.2, -0.15) is 0 Å². The lowest BCUT2D eigenvalue weighted by Crippen LogP contribution is -2.10. The van der Waals surface area contributed by atoms with Crippen LogP contribution in [0.4, 0.5) is 17.1 Å². The van der Waals surface area contributed by atoms with Gasteiger partial charge in [-0.25, -0.2) is 4.98 Å². The third-order valence-corrected chi connectivity index (χ3v) is 10.0. The fraction of sp³-hybridized carbons (Fsp3) is 0.0213. The van der Waals surface area contributed by atoms with E-state index >= 15 is 0 Å². The summed E-state index contributed by atoms with van der Waals surface area (Å²) >= 11 is 0. The molecule has 0 amide bonds. The second-order valence-electron chi connectivity index (χ2n) is 13.2. The van der Waals surface area contributed by atoms with Gasteiger partial charge in [0.1, 0.15) is 5.82 Å². The van der Waals surface area contributed by atoms with E-state index in [1.807, 2.05) is 24.5 Å². The zero-order chi connectivity index (χ0) is 34.6. The molecule has 10 rings (SSSR count). The number of nitrogens with zero attached hydrogens (tertiary/aromatic N) is 5. The highest BCUT2D eigenvalue weighted by Crippen LogP contribution is 2.44. The summed E-state index contributed by atoms with van der Waals surface area (Å²) in [5.41, 5.74) is 12.1. The standard InChI is InChI=1S/C47H33N5/c1-32-26-28-49-45(29-32)52-43-25-24-39-38-19-8-9-21-42(38)51(35-16-6-3-7-17-35)47(39)46(43)40-23-22-37(31-44(40)52)50(34-14-4-2-5-15-34)36-18-12-13-33(30-36)41-20-10-11-27-48-41/h2-31H,1H3. The smallest absolute Gasteiger partial charge is 0.137 e. The molecule has 0 N–H and O–H groups in total. The molecule has 0 saturated carbocycles. The molecule has 246 valence electrons. The molecule has 0 unspecified atom stereocenters. The zero-order valence-electron chi connectivity index (χ0n) is 28.6. The minimum atomic E-state index is 0.891. The van der Waals surface area contributed by atoms with Gasteiger partial charge in [0.2, 0.25) is 0 Å². The summed E-state index contributed by atoms with van der Waals surface area (Å²) < 4.78 is 4.76. The quantitative estimate of drug-likeness (QED) is 0.177. The van der Waals surface area contributed by atoms with E-state index in [9.17, 15) is 0 Å². The van der Waals surface area contributed by atoms with E-state index in [-0.39, 0.29) is 0 Å². The molecular weight excluding hydrogens is 635 g/mol. The van der Waals surface area contributed by atoms with Crippen molar-refractivity contribution in [3.8, 4) is 22.8 Å². The average Bonchev–Trinajstić information content (AvgIpc) is 3.72. The van der Waals surface area contributed by atoms with Gasteiger partial charge < -0.3 is 9.47 Å². The molecule has 52 heavy (non-hydrogen) atoms. The maximum Gasteiger partial charge on any atom is 0.137 e. The minimum absolute atomic E-state index is 0.891. The lowest BCUT2D eigenvalue weighted by molar-refractivity contribution is 1.07. The maximum absolute atomic E-state index is 4.96. The second kappa shape index (κ2) is 12.1. The first kappa shape index (κ1) is 29.9. The molecule has 0 aliphatic carbocycles. The topological polar surface area (TPSA) is 38.9 Å². The highest BCUT2D eigenvalue weighted by Gasteiger charge is 2.23. The first-order chi connectivity index (χ1) is 25.7. The van der Waals surface area contributed by atoms with Gasteiger partial charge in [0.15, 0.2) is 0 Å². The number of anilines is 3. The van der Waals surface area contributed by atoms with E-state index in [0.717, 1.165) is 56.4 Å². The maximum atomic E-state index is 4.96. The number of fused-ring (bicyclic) bond motifs is 7. The molecule has 10 aromatic rings. The Morgan fingerprint density at radius 1 is 0.462 bits per heavy atom. The fourth-order valence-corrected chi connectivity index (χ4v) is 7.78. The average molecular weight is 668 g/mol. The number of rotatable bonds is 6. The van der Waals surface area contributed by atoms with Crippen LogP contribution in [0, 0.1) is 6.92 Å². The third-order valence-electron chi connectivity index (χ3n) is 10.0. The molecule has 5 nitrogen and oxygen atoms in total. The van der Waals surface area contributed by atoms with Gasteiger partial charge in [-0.05, 0) is 97.4 Å². The molecule has 0 saturated heterocycles. The predicted octanol–water partition coefficient (Wildman–Crippen LogP) is 12.1. The van der Waals surface area contributed by atoms with E-state index in [2.05, 4.69) is 184 Å². The molecule has 0 spiro atoms. The molecule has 0 radical (unpaired) electrons. The van der Waals surface area contributed by atoms with Crippen LogP contribution in [0.15, 0.2) is 182 Å². The number of pyridine rings is 2. The molecule has 0 fully saturated rings. The van der Waals surface area contributed by atoms with Crippen LogP contribution < -0.4 is 4.90 Å². The first-order valence-corrected chi connectivity index (χ1v) is 17.6. The predicted molar refractivity (Wildman–Crippen MR) is 216 cm³/mol. The van der Waals surface area contributed by atoms with Gasteiger partial charge in [0.25, 0.3) is 0 Å². The van der Waals surface area contributed by atoms with E-state index in [1.54, 1.807) is 0 Å². The molecule has 4 aromatic heterocycles. The Morgan fingerprint density at radius 2 is 1.21 bits per heavy atom. The molecule has 6 aromatic carbocycles.